The van der Waals surface area contributed by atoms with Crippen LogP contribution in [0.1, 0.15) is 64.7 Å². The van der Waals surface area contributed by atoms with Crippen LogP contribution in [0.3, 0.4) is 0 Å². The number of hydrogen-bond donors (Lipinski definition) is 1. The van der Waals surface area contributed by atoms with Gasteiger partial charge in [-0.25, -0.2) is 0 Å². The summed E-state index contributed by atoms with van der Waals surface area (Å²) in [7, 11) is 0. The highest BCUT2D eigenvalue weighted by Gasteiger charge is 2.13. The number of unbranched alkanes of at least 4 members (excludes halogenated alkanes) is 3. The highest BCUT2D eigenvalue weighted by Crippen LogP contribution is 2.17. The lowest BCUT2D eigenvalue weighted by Crippen LogP contribution is -2.34. The van der Waals surface area contributed by atoms with Gasteiger partial charge in [-0.2, -0.15) is 0 Å². The van der Waals surface area contributed by atoms with Crippen molar-refractivity contribution in [1.29, 1.82) is 0 Å². The smallest absolute Gasteiger partial charge is 0.243 e. The lowest BCUT2D eigenvalue weighted by molar-refractivity contribution is -0.117. The van der Waals surface area contributed by atoms with E-state index in [-0.39, 0.29) is 5.91 Å². The molecular weight excluding hydrogens is 198 g/mol. The fourth-order valence-corrected chi connectivity index (χ4v) is 2.20. The molecule has 16 heavy (non-hydrogen) atoms. The SMILES string of the molecule is CCCCC/C=C/C(=O)NC1CCCCC1. The number of carbonyl (C=O) groups excluding carboxylic acids is 1. The van der Waals surface area contributed by atoms with Crippen molar-refractivity contribution in [2.75, 3.05) is 0 Å². The van der Waals surface area contributed by atoms with Crippen LogP contribution < -0.4 is 5.32 Å². The van der Waals surface area contributed by atoms with Crippen molar-refractivity contribution in [3.63, 3.8) is 0 Å². The lowest BCUT2D eigenvalue weighted by atomic mass is 9.95. The molecule has 1 amide bonds. The fraction of sp³-hybridized carbons (Fsp3) is 0.786. The van der Waals surface area contributed by atoms with E-state index < -0.39 is 0 Å². The number of allylic oxidation sites excluding steroid dienone is 1. The minimum atomic E-state index is 0.100. The highest BCUT2D eigenvalue weighted by atomic mass is 16.1. The average Bonchev–Trinajstić information content (AvgIpc) is 2.30. The van der Waals surface area contributed by atoms with Crippen LogP contribution >= 0.6 is 0 Å². The maximum atomic E-state index is 11.5. The molecule has 2 heteroatoms. The van der Waals surface area contributed by atoms with Crippen molar-refractivity contribution in [2.24, 2.45) is 0 Å². The van der Waals surface area contributed by atoms with Crippen LogP contribution in [0.2, 0.25) is 0 Å². The zero-order chi connectivity index (χ0) is 11.6. The van der Waals surface area contributed by atoms with Crippen LogP contribution in [0.4, 0.5) is 0 Å². The molecule has 0 aliphatic heterocycles. The van der Waals surface area contributed by atoms with Gasteiger partial charge in [-0.15, -0.1) is 0 Å². The monoisotopic (exact) mass is 223 g/mol. The third-order valence-electron chi connectivity index (χ3n) is 3.20. The van der Waals surface area contributed by atoms with Crippen molar-refractivity contribution >= 4 is 5.91 Å². The molecule has 1 rings (SSSR count). The number of nitrogens with one attached hydrogen (secondary N) is 1. The summed E-state index contributed by atoms with van der Waals surface area (Å²) < 4.78 is 0. The molecule has 0 aromatic rings. The standard InChI is InChI=1S/C14H25NO/c1-2-3-4-5-9-12-14(16)15-13-10-7-6-8-11-13/h9,12-13H,2-8,10-11H2,1H3,(H,15,16)/b12-9+. The molecule has 1 N–H and O–H groups in total. The molecule has 0 heterocycles. The van der Waals surface area contributed by atoms with Crippen LogP contribution in [0.15, 0.2) is 12.2 Å². The van der Waals surface area contributed by atoms with Crippen molar-refractivity contribution < 1.29 is 4.79 Å². The van der Waals surface area contributed by atoms with Crippen LogP contribution in [0, 0.1) is 0 Å². The van der Waals surface area contributed by atoms with Gasteiger partial charge in [0, 0.05) is 6.04 Å². The van der Waals surface area contributed by atoms with Gasteiger partial charge in [-0.05, 0) is 31.8 Å². The van der Waals surface area contributed by atoms with E-state index in [1.807, 2.05) is 6.08 Å². The number of rotatable bonds is 6. The van der Waals surface area contributed by atoms with Crippen LogP contribution in [-0.2, 0) is 4.79 Å². The molecule has 0 unspecified atom stereocenters. The topological polar surface area (TPSA) is 29.1 Å². The second-order valence-electron chi connectivity index (χ2n) is 4.74. The molecule has 0 spiro atoms. The summed E-state index contributed by atoms with van der Waals surface area (Å²) in [5.41, 5.74) is 0. The fourth-order valence-electron chi connectivity index (χ4n) is 2.20. The van der Waals surface area contributed by atoms with E-state index in [0.29, 0.717) is 6.04 Å². The Morgan fingerprint density at radius 3 is 2.69 bits per heavy atom. The van der Waals surface area contributed by atoms with Crippen LogP contribution in [-0.4, -0.2) is 11.9 Å². The first-order valence-corrected chi connectivity index (χ1v) is 6.80. The van der Waals surface area contributed by atoms with Gasteiger partial charge >= 0.3 is 0 Å². The average molecular weight is 223 g/mol. The molecule has 0 saturated heterocycles. The molecule has 0 aromatic heterocycles. The summed E-state index contributed by atoms with van der Waals surface area (Å²) in [5, 5.41) is 3.08. The summed E-state index contributed by atoms with van der Waals surface area (Å²) in [6.07, 6.45) is 14.6. The molecule has 0 aromatic carbocycles. The molecule has 0 radical (unpaired) electrons. The predicted octanol–water partition coefficient (Wildman–Crippen LogP) is 3.57. The Bertz CT molecular complexity index is 217. The molecule has 1 saturated carbocycles. The van der Waals surface area contributed by atoms with Gasteiger partial charge in [0.15, 0.2) is 0 Å². The number of carbonyl (C=O) groups is 1. The van der Waals surface area contributed by atoms with Gasteiger partial charge in [0.25, 0.3) is 0 Å². The van der Waals surface area contributed by atoms with Gasteiger partial charge in [0.1, 0.15) is 0 Å². The Morgan fingerprint density at radius 2 is 2.00 bits per heavy atom. The first-order valence-electron chi connectivity index (χ1n) is 6.80. The maximum Gasteiger partial charge on any atom is 0.243 e. The van der Waals surface area contributed by atoms with Gasteiger partial charge in [-0.1, -0.05) is 45.1 Å². The first-order chi connectivity index (χ1) is 7.83. The Kier molecular flexibility index (Phi) is 6.95. The second kappa shape index (κ2) is 8.37. The summed E-state index contributed by atoms with van der Waals surface area (Å²) in [5.74, 6) is 0.100. The Morgan fingerprint density at radius 1 is 1.25 bits per heavy atom. The van der Waals surface area contributed by atoms with E-state index in [2.05, 4.69) is 12.2 Å². The molecule has 0 atom stereocenters. The lowest BCUT2D eigenvalue weighted by Gasteiger charge is -2.21. The summed E-state index contributed by atoms with van der Waals surface area (Å²) in [6, 6.07) is 0.432. The largest absolute Gasteiger partial charge is 0.350 e. The van der Waals surface area contributed by atoms with Gasteiger partial charge < -0.3 is 5.32 Å². The zero-order valence-corrected chi connectivity index (χ0v) is 10.5. The van der Waals surface area contributed by atoms with Crippen molar-refractivity contribution in [3.8, 4) is 0 Å². The van der Waals surface area contributed by atoms with E-state index in [1.165, 1.54) is 38.5 Å². The Hall–Kier alpha value is -0.790. The number of hydrogen-bond acceptors (Lipinski definition) is 1. The van der Waals surface area contributed by atoms with Gasteiger partial charge in [0.2, 0.25) is 5.91 Å². The molecule has 1 aliphatic rings. The number of amides is 1. The molecular formula is C14H25NO. The Balaban J connectivity index is 2.09. The van der Waals surface area contributed by atoms with Crippen molar-refractivity contribution in [1.82, 2.24) is 5.32 Å². The van der Waals surface area contributed by atoms with Gasteiger partial charge in [-0.3, -0.25) is 4.79 Å². The predicted molar refractivity (Wildman–Crippen MR) is 68.3 cm³/mol. The third-order valence-corrected chi connectivity index (χ3v) is 3.20. The van der Waals surface area contributed by atoms with E-state index >= 15 is 0 Å². The summed E-state index contributed by atoms with van der Waals surface area (Å²) in [4.78, 5) is 11.5. The molecule has 2 nitrogen and oxygen atoms in total. The van der Waals surface area contributed by atoms with E-state index in [4.69, 9.17) is 0 Å². The Labute approximate surface area is 99.5 Å². The molecule has 92 valence electrons. The van der Waals surface area contributed by atoms with E-state index in [9.17, 15) is 4.79 Å². The van der Waals surface area contributed by atoms with Crippen molar-refractivity contribution in [3.05, 3.63) is 12.2 Å². The zero-order valence-electron chi connectivity index (χ0n) is 10.5. The summed E-state index contributed by atoms with van der Waals surface area (Å²) >= 11 is 0. The highest BCUT2D eigenvalue weighted by molar-refractivity contribution is 5.87. The first kappa shape index (κ1) is 13.3. The van der Waals surface area contributed by atoms with Gasteiger partial charge in [0.05, 0.1) is 0 Å². The molecule has 1 fully saturated rings. The van der Waals surface area contributed by atoms with E-state index in [0.717, 1.165) is 19.3 Å². The normalized spacial score (nSPS) is 17.8. The maximum absolute atomic E-state index is 11.5. The van der Waals surface area contributed by atoms with Crippen LogP contribution in [0.25, 0.3) is 0 Å². The molecule has 0 bridgehead atoms. The minimum Gasteiger partial charge on any atom is -0.350 e. The third kappa shape index (κ3) is 5.94. The second-order valence-corrected chi connectivity index (χ2v) is 4.74. The van der Waals surface area contributed by atoms with Crippen LogP contribution in [0.5, 0.6) is 0 Å². The van der Waals surface area contributed by atoms with E-state index in [1.54, 1.807) is 6.08 Å². The molecule has 1 aliphatic carbocycles. The minimum absolute atomic E-state index is 0.100. The summed E-state index contributed by atoms with van der Waals surface area (Å²) in [6.45, 7) is 2.19. The quantitative estimate of drug-likeness (QED) is 0.541. The van der Waals surface area contributed by atoms with Crippen molar-refractivity contribution in [2.45, 2.75) is 70.8 Å².